The zero-order valence-corrected chi connectivity index (χ0v) is 14.3. The lowest BCUT2D eigenvalue weighted by molar-refractivity contribution is 0.318. The van der Waals surface area contributed by atoms with Crippen LogP contribution in [0.3, 0.4) is 0 Å². The summed E-state index contributed by atoms with van der Waals surface area (Å²) in [5, 5.41) is 3.96. The van der Waals surface area contributed by atoms with Crippen molar-refractivity contribution in [2.45, 2.75) is 37.9 Å². The van der Waals surface area contributed by atoms with E-state index in [0.717, 1.165) is 11.8 Å². The largest absolute Gasteiger partial charge is 0.339 e. The summed E-state index contributed by atoms with van der Waals surface area (Å²) in [6, 6.07) is 7.25. The highest BCUT2D eigenvalue weighted by molar-refractivity contribution is 7.90. The van der Waals surface area contributed by atoms with Gasteiger partial charge in [-0.25, -0.2) is 13.4 Å². The third-order valence-electron chi connectivity index (χ3n) is 3.36. The van der Waals surface area contributed by atoms with Crippen molar-refractivity contribution >= 4 is 20.9 Å². The molecule has 0 amide bonds. The van der Waals surface area contributed by atoms with Gasteiger partial charge in [-0.15, -0.1) is 0 Å². The Morgan fingerprint density at radius 1 is 1.17 bits per heavy atom. The average molecular weight is 334 g/mol. The van der Waals surface area contributed by atoms with Crippen molar-refractivity contribution in [1.82, 2.24) is 19.7 Å². The van der Waals surface area contributed by atoms with Gasteiger partial charge in [0.2, 0.25) is 20.9 Å². The Balaban J connectivity index is 2.10. The van der Waals surface area contributed by atoms with Crippen LogP contribution in [0.1, 0.15) is 32.5 Å². The topological polar surface area (TPSA) is 90.9 Å². The maximum absolute atomic E-state index is 12.0. The lowest BCUT2D eigenvalue weighted by Gasteiger charge is -2.10. The van der Waals surface area contributed by atoms with Gasteiger partial charge >= 0.3 is 0 Å². The Morgan fingerprint density at radius 3 is 2.48 bits per heavy atom. The van der Waals surface area contributed by atoms with Crippen molar-refractivity contribution in [3.05, 3.63) is 36.0 Å². The first kappa shape index (κ1) is 15.7. The molecule has 7 nitrogen and oxygen atoms in total. The number of sulfone groups is 1. The van der Waals surface area contributed by atoms with Crippen LogP contribution in [0.2, 0.25) is 0 Å². The van der Waals surface area contributed by atoms with Gasteiger partial charge in [0.05, 0.1) is 17.6 Å². The van der Waals surface area contributed by atoms with Crippen molar-refractivity contribution in [2.75, 3.05) is 6.26 Å². The van der Waals surface area contributed by atoms with Crippen LogP contribution < -0.4 is 0 Å². The van der Waals surface area contributed by atoms with Gasteiger partial charge in [-0.1, -0.05) is 38.1 Å². The molecule has 0 aliphatic carbocycles. The van der Waals surface area contributed by atoms with Crippen LogP contribution in [-0.4, -0.2) is 34.4 Å². The molecule has 0 spiro atoms. The fourth-order valence-electron chi connectivity index (χ4n) is 2.25. The van der Waals surface area contributed by atoms with Gasteiger partial charge in [-0.2, -0.15) is 4.98 Å². The van der Waals surface area contributed by atoms with Gasteiger partial charge < -0.3 is 9.09 Å². The first-order valence-corrected chi connectivity index (χ1v) is 9.04. The first-order valence-electron chi connectivity index (χ1n) is 7.14. The van der Waals surface area contributed by atoms with E-state index in [1.165, 1.54) is 0 Å². The summed E-state index contributed by atoms with van der Waals surface area (Å²) in [5.74, 6) is 0.931. The molecule has 0 fully saturated rings. The monoisotopic (exact) mass is 334 g/mol. The molecule has 0 aliphatic heterocycles. The van der Waals surface area contributed by atoms with Crippen molar-refractivity contribution < 1.29 is 12.9 Å². The fourth-order valence-corrected chi connectivity index (χ4v) is 3.08. The van der Waals surface area contributed by atoms with Gasteiger partial charge in [0.25, 0.3) is 0 Å². The SMILES string of the molecule is CC(C)(C)c1nc(Cn2c(S(C)(=O)=O)nc3ccccc32)no1. The number of para-hydroxylation sites is 2. The molecule has 0 unspecified atom stereocenters. The van der Waals surface area contributed by atoms with Crippen molar-refractivity contribution in [3.8, 4) is 0 Å². The molecule has 8 heteroatoms. The summed E-state index contributed by atoms with van der Waals surface area (Å²) in [5.41, 5.74) is 1.07. The molecule has 122 valence electrons. The second-order valence-electron chi connectivity index (χ2n) is 6.51. The molecule has 0 saturated heterocycles. The molecule has 2 aromatic heterocycles. The van der Waals surface area contributed by atoms with Crippen LogP contribution in [-0.2, 0) is 21.8 Å². The minimum atomic E-state index is -3.47. The molecule has 2 heterocycles. The van der Waals surface area contributed by atoms with E-state index >= 15 is 0 Å². The molecule has 23 heavy (non-hydrogen) atoms. The average Bonchev–Trinajstić information content (AvgIpc) is 3.03. The molecule has 3 rings (SSSR count). The summed E-state index contributed by atoms with van der Waals surface area (Å²) >= 11 is 0. The van der Waals surface area contributed by atoms with E-state index in [1.807, 2.05) is 39.0 Å². The van der Waals surface area contributed by atoms with Gasteiger partial charge in [0.1, 0.15) is 0 Å². The van der Waals surface area contributed by atoms with E-state index in [1.54, 1.807) is 10.6 Å². The quantitative estimate of drug-likeness (QED) is 0.729. The molecule has 1 aromatic carbocycles. The van der Waals surface area contributed by atoms with Crippen LogP contribution >= 0.6 is 0 Å². The highest BCUT2D eigenvalue weighted by Crippen LogP contribution is 2.23. The van der Waals surface area contributed by atoms with Crippen molar-refractivity contribution in [1.29, 1.82) is 0 Å². The highest BCUT2D eigenvalue weighted by atomic mass is 32.2. The van der Waals surface area contributed by atoms with E-state index in [0.29, 0.717) is 17.2 Å². The number of imidazole rings is 1. The fraction of sp³-hybridized carbons (Fsp3) is 0.400. The zero-order chi connectivity index (χ0) is 16.8. The second kappa shape index (κ2) is 5.16. The maximum Gasteiger partial charge on any atom is 0.232 e. The third kappa shape index (κ3) is 2.98. The number of hydrogen-bond acceptors (Lipinski definition) is 6. The van der Waals surface area contributed by atoms with Crippen LogP contribution in [0.15, 0.2) is 33.9 Å². The summed E-state index contributed by atoms with van der Waals surface area (Å²) in [6.45, 7) is 6.10. The predicted octanol–water partition coefficient (Wildman–Crippen LogP) is 2.17. The van der Waals surface area contributed by atoms with Gasteiger partial charge in [-0.3, -0.25) is 0 Å². The minimum Gasteiger partial charge on any atom is -0.339 e. The zero-order valence-electron chi connectivity index (χ0n) is 13.4. The molecule has 0 radical (unpaired) electrons. The molecular weight excluding hydrogens is 316 g/mol. The molecule has 0 bridgehead atoms. The molecule has 0 N–H and O–H groups in total. The van der Waals surface area contributed by atoms with E-state index < -0.39 is 9.84 Å². The highest BCUT2D eigenvalue weighted by Gasteiger charge is 2.24. The number of nitrogens with zero attached hydrogens (tertiary/aromatic N) is 4. The van der Waals surface area contributed by atoms with Gasteiger partial charge in [-0.05, 0) is 12.1 Å². The molecule has 3 aromatic rings. The number of hydrogen-bond donors (Lipinski definition) is 0. The van der Waals surface area contributed by atoms with Crippen molar-refractivity contribution in [2.24, 2.45) is 0 Å². The summed E-state index contributed by atoms with van der Waals surface area (Å²) < 4.78 is 30.9. The third-order valence-corrected chi connectivity index (χ3v) is 4.34. The Kier molecular flexibility index (Phi) is 3.51. The van der Waals surface area contributed by atoms with Crippen LogP contribution in [0, 0.1) is 0 Å². The molecule has 0 aliphatic rings. The maximum atomic E-state index is 12.0. The van der Waals surface area contributed by atoms with E-state index in [-0.39, 0.29) is 17.1 Å². The van der Waals surface area contributed by atoms with Crippen LogP contribution in [0.25, 0.3) is 11.0 Å². The van der Waals surface area contributed by atoms with Crippen LogP contribution in [0.4, 0.5) is 0 Å². The van der Waals surface area contributed by atoms with Gasteiger partial charge in [0.15, 0.2) is 5.82 Å². The lowest BCUT2D eigenvalue weighted by Crippen LogP contribution is -2.13. The lowest BCUT2D eigenvalue weighted by atomic mass is 9.97. The molecule has 0 atom stereocenters. The van der Waals surface area contributed by atoms with Crippen molar-refractivity contribution in [3.63, 3.8) is 0 Å². The van der Waals surface area contributed by atoms with E-state index in [4.69, 9.17) is 4.52 Å². The predicted molar refractivity (Wildman–Crippen MR) is 84.9 cm³/mol. The molecular formula is C15H18N4O3S. The number of fused-ring (bicyclic) bond motifs is 1. The van der Waals surface area contributed by atoms with E-state index in [2.05, 4.69) is 15.1 Å². The Bertz CT molecular complexity index is 964. The molecule has 0 saturated carbocycles. The Hall–Kier alpha value is -2.22. The smallest absolute Gasteiger partial charge is 0.232 e. The van der Waals surface area contributed by atoms with E-state index in [9.17, 15) is 8.42 Å². The van der Waals surface area contributed by atoms with Gasteiger partial charge in [0, 0.05) is 11.7 Å². The summed E-state index contributed by atoms with van der Waals surface area (Å²) in [6.07, 6.45) is 1.14. The Labute approximate surface area is 134 Å². The standard InChI is InChI=1S/C15H18N4O3S/c1-15(2,3)13-17-12(18-22-13)9-19-11-8-6-5-7-10(11)16-14(19)23(4,20)21/h5-8H,9H2,1-4H3. The number of rotatable bonds is 3. The summed E-state index contributed by atoms with van der Waals surface area (Å²) in [7, 11) is -3.47. The van der Waals surface area contributed by atoms with Crippen LogP contribution in [0.5, 0.6) is 0 Å². The Morgan fingerprint density at radius 2 is 1.87 bits per heavy atom. The number of aromatic nitrogens is 4. The normalized spacial score (nSPS) is 12.9. The second-order valence-corrected chi connectivity index (χ2v) is 8.42. The minimum absolute atomic E-state index is 0.000749. The number of benzene rings is 1. The summed E-state index contributed by atoms with van der Waals surface area (Å²) in [4.78, 5) is 8.59. The first-order chi connectivity index (χ1) is 10.7.